The second-order valence-electron chi connectivity index (χ2n) is 4.12. The molecular formula is C13H13BrClFN2O2. The molecule has 1 aromatic carbocycles. The average Bonchev–Trinajstić information content (AvgIpc) is 2.74. The van der Waals surface area contributed by atoms with Gasteiger partial charge in [0.15, 0.2) is 0 Å². The Labute approximate surface area is 129 Å². The van der Waals surface area contributed by atoms with Crippen LogP contribution in [0.1, 0.15) is 19.2 Å². The van der Waals surface area contributed by atoms with Crippen LogP contribution in [0, 0.1) is 5.82 Å². The number of ether oxygens (including phenoxy) is 1. The second kappa shape index (κ2) is 6.54. The monoisotopic (exact) mass is 362 g/mol. The molecule has 0 unspecified atom stereocenters. The van der Waals surface area contributed by atoms with Crippen LogP contribution in [-0.4, -0.2) is 22.1 Å². The van der Waals surface area contributed by atoms with Gasteiger partial charge in [-0.25, -0.2) is 9.37 Å². The Morgan fingerprint density at radius 3 is 2.95 bits per heavy atom. The van der Waals surface area contributed by atoms with Crippen LogP contribution in [-0.2, 0) is 22.0 Å². The van der Waals surface area contributed by atoms with Crippen molar-refractivity contribution in [3.63, 3.8) is 0 Å². The molecular weight excluding hydrogens is 351 g/mol. The van der Waals surface area contributed by atoms with Crippen molar-refractivity contribution in [3.8, 4) is 0 Å². The number of aromatic nitrogens is 2. The van der Waals surface area contributed by atoms with E-state index in [2.05, 4.69) is 20.9 Å². The smallest absolute Gasteiger partial charge is 0.307 e. The molecule has 0 aliphatic carbocycles. The molecule has 0 fully saturated rings. The van der Waals surface area contributed by atoms with Gasteiger partial charge in [-0.2, -0.15) is 0 Å². The van der Waals surface area contributed by atoms with Crippen LogP contribution in [0.4, 0.5) is 4.39 Å². The van der Waals surface area contributed by atoms with Crippen molar-refractivity contribution >= 4 is 44.5 Å². The molecule has 4 nitrogen and oxygen atoms in total. The molecule has 2 aromatic rings. The van der Waals surface area contributed by atoms with Gasteiger partial charge < -0.3 is 9.30 Å². The van der Waals surface area contributed by atoms with Crippen molar-refractivity contribution in [3.05, 3.63) is 28.2 Å². The van der Waals surface area contributed by atoms with E-state index in [1.54, 1.807) is 17.6 Å². The number of carbonyl (C=O) groups is 1. The number of hydrogen-bond donors (Lipinski definition) is 0. The van der Waals surface area contributed by atoms with Gasteiger partial charge in [0.1, 0.15) is 11.6 Å². The normalized spacial score (nSPS) is 11.0. The number of rotatable bonds is 5. The highest BCUT2D eigenvalue weighted by molar-refractivity contribution is 9.10. The lowest BCUT2D eigenvalue weighted by molar-refractivity contribution is -0.143. The minimum Gasteiger partial charge on any atom is -0.466 e. The predicted molar refractivity (Wildman–Crippen MR) is 78.2 cm³/mol. The maximum atomic E-state index is 13.6. The molecule has 2 rings (SSSR count). The summed E-state index contributed by atoms with van der Waals surface area (Å²) in [4.78, 5) is 15.8. The molecule has 1 heterocycles. The Morgan fingerprint density at radius 1 is 1.55 bits per heavy atom. The van der Waals surface area contributed by atoms with Crippen molar-refractivity contribution in [2.75, 3.05) is 6.61 Å². The van der Waals surface area contributed by atoms with Crippen molar-refractivity contribution in [2.24, 2.45) is 0 Å². The van der Waals surface area contributed by atoms with Gasteiger partial charge in [-0.1, -0.05) is 0 Å². The molecule has 0 saturated carbocycles. The van der Waals surface area contributed by atoms with Crippen molar-refractivity contribution in [1.29, 1.82) is 0 Å². The Kier molecular flexibility index (Phi) is 4.99. The topological polar surface area (TPSA) is 44.1 Å². The van der Waals surface area contributed by atoms with E-state index in [4.69, 9.17) is 16.3 Å². The molecule has 7 heteroatoms. The standard InChI is InChI=1S/C13H13BrClFN2O2/c1-2-20-13(19)3-4-18-11-6-9(16)8(14)5-10(11)17-12(18)7-15/h5-6H,2-4,7H2,1H3. The van der Waals surface area contributed by atoms with Gasteiger partial charge in [-0.3, -0.25) is 4.79 Å². The Morgan fingerprint density at radius 2 is 2.30 bits per heavy atom. The van der Waals surface area contributed by atoms with E-state index in [1.165, 1.54) is 6.07 Å². The van der Waals surface area contributed by atoms with Crippen LogP contribution in [0.25, 0.3) is 11.0 Å². The first-order valence-corrected chi connectivity index (χ1v) is 7.45. The number of aryl methyl sites for hydroxylation is 1. The van der Waals surface area contributed by atoms with Crippen molar-refractivity contribution in [2.45, 2.75) is 25.8 Å². The van der Waals surface area contributed by atoms with Crippen LogP contribution in [0.15, 0.2) is 16.6 Å². The zero-order valence-electron chi connectivity index (χ0n) is 10.8. The molecule has 0 saturated heterocycles. The lowest BCUT2D eigenvalue weighted by Gasteiger charge is -2.07. The summed E-state index contributed by atoms with van der Waals surface area (Å²) in [6, 6.07) is 2.98. The average molecular weight is 364 g/mol. The third kappa shape index (κ3) is 3.12. The lowest BCUT2D eigenvalue weighted by atomic mass is 10.3. The number of esters is 1. The first-order valence-electron chi connectivity index (χ1n) is 6.12. The van der Waals surface area contributed by atoms with Gasteiger partial charge in [0.05, 0.1) is 34.4 Å². The number of fused-ring (bicyclic) bond motifs is 1. The first kappa shape index (κ1) is 15.3. The molecule has 0 radical (unpaired) electrons. The Hall–Kier alpha value is -1.14. The van der Waals surface area contributed by atoms with Gasteiger partial charge in [0.25, 0.3) is 0 Å². The number of hydrogen-bond acceptors (Lipinski definition) is 3. The number of alkyl halides is 1. The molecule has 0 aliphatic rings. The summed E-state index contributed by atoms with van der Waals surface area (Å²) in [5.74, 6) is 0.114. The summed E-state index contributed by atoms with van der Waals surface area (Å²) in [5.41, 5.74) is 1.25. The van der Waals surface area contributed by atoms with E-state index in [0.29, 0.717) is 34.5 Å². The largest absolute Gasteiger partial charge is 0.466 e. The summed E-state index contributed by atoms with van der Waals surface area (Å²) in [7, 11) is 0. The highest BCUT2D eigenvalue weighted by Crippen LogP contribution is 2.25. The Balaban J connectivity index is 2.35. The van der Waals surface area contributed by atoms with E-state index in [0.717, 1.165) is 0 Å². The summed E-state index contributed by atoms with van der Waals surface area (Å²) < 4.78 is 20.6. The Bertz CT molecular complexity index is 645. The molecule has 0 bridgehead atoms. The number of imidazole rings is 1. The van der Waals surface area contributed by atoms with E-state index in [9.17, 15) is 9.18 Å². The van der Waals surface area contributed by atoms with Crippen LogP contribution in [0.3, 0.4) is 0 Å². The minimum atomic E-state index is -0.379. The predicted octanol–water partition coefficient (Wildman–Crippen LogP) is 3.63. The van der Waals surface area contributed by atoms with E-state index in [1.807, 2.05) is 0 Å². The fourth-order valence-corrected chi connectivity index (χ4v) is 2.49. The maximum Gasteiger partial charge on any atom is 0.307 e. The van der Waals surface area contributed by atoms with E-state index < -0.39 is 0 Å². The van der Waals surface area contributed by atoms with Gasteiger partial charge in [0.2, 0.25) is 0 Å². The molecule has 20 heavy (non-hydrogen) atoms. The van der Waals surface area contributed by atoms with E-state index >= 15 is 0 Å². The zero-order valence-corrected chi connectivity index (χ0v) is 13.2. The summed E-state index contributed by atoms with van der Waals surface area (Å²) in [6.45, 7) is 2.45. The molecule has 108 valence electrons. The van der Waals surface area contributed by atoms with Gasteiger partial charge in [0, 0.05) is 12.6 Å². The zero-order chi connectivity index (χ0) is 14.7. The van der Waals surface area contributed by atoms with Gasteiger partial charge in [-0.05, 0) is 28.9 Å². The molecule has 0 spiro atoms. The molecule has 0 N–H and O–H groups in total. The van der Waals surface area contributed by atoms with Crippen LogP contribution in [0.2, 0.25) is 0 Å². The summed E-state index contributed by atoms with van der Waals surface area (Å²) in [5, 5.41) is 0. The summed E-state index contributed by atoms with van der Waals surface area (Å²) in [6.07, 6.45) is 0.195. The fraction of sp³-hybridized carbons (Fsp3) is 0.385. The quantitative estimate of drug-likeness (QED) is 0.602. The van der Waals surface area contributed by atoms with Gasteiger partial charge in [-0.15, -0.1) is 11.6 Å². The molecule has 0 aliphatic heterocycles. The number of halogens is 3. The first-order chi connectivity index (χ1) is 9.56. The van der Waals surface area contributed by atoms with Crippen LogP contribution < -0.4 is 0 Å². The molecule has 1 aromatic heterocycles. The highest BCUT2D eigenvalue weighted by Gasteiger charge is 2.14. The molecule has 0 amide bonds. The second-order valence-corrected chi connectivity index (χ2v) is 5.24. The third-order valence-electron chi connectivity index (χ3n) is 2.83. The van der Waals surface area contributed by atoms with Gasteiger partial charge >= 0.3 is 5.97 Å². The maximum absolute atomic E-state index is 13.6. The molecule has 0 atom stereocenters. The fourth-order valence-electron chi connectivity index (χ4n) is 1.96. The number of carbonyl (C=O) groups excluding carboxylic acids is 1. The third-order valence-corrected chi connectivity index (χ3v) is 3.68. The van der Waals surface area contributed by atoms with Crippen molar-refractivity contribution < 1.29 is 13.9 Å². The van der Waals surface area contributed by atoms with Crippen LogP contribution >= 0.6 is 27.5 Å². The van der Waals surface area contributed by atoms with Crippen molar-refractivity contribution in [1.82, 2.24) is 9.55 Å². The SMILES string of the molecule is CCOC(=O)CCn1c(CCl)nc2cc(Br)c(F)cc21. The van der Waals surface area contributed by atoms with E-state index in [-0.39, 0.29) is 24.1 Å². The number of nitrogens with zero attached hydrogens (tertiary/aromatic N) is 2. The number of benzene rings is 1. The minimum absolute atomic E-state index is 0.191. The van der Waals surface area contributed by atoms with Crippen LogP contribution in [0.5, 0.6) is 0 Å². The lowest BCUT2D eigenvalue weighted by Crippen LogP contribution is -2.10. The highest BCUT2D eigenvalue weighted by atomic mass is 79.9. The summed E-state index contributed by atoms with van der Waals surface area (Å²) >= 11 is 8.98.